The molecule has 0 aliphatic carbocycles. The monoisotopic (exact) mass is 210 g/mol. The Hall–Kier alpha value is -1.55. The molecule has 0 saturated heterocycles. The zero-order valence-electron chi connectivity index (χ0n) is 7.69. The first-order valence-electron chi connectivity index (χ1n) is 4.03. The molecule has 0 spiro atoms. The Morgan fingerprint density at radius 1 is 1.21 bits per heavy atom. The summed E-state index contributed by atoms with van der Waals surface area (Å²) in [4.78, 5) is 4.05. The van der Waals surface area contributed by atoms with E-state index in [0.717, 1.165) is 17.1 Å². The summed E-state index contributed by atoms with van der Waals surface area (Å²) < 4.78 is 0. The fourth-order valence-corrected chi connectivity index (χ4v) is 1.14. The SMILES string of the molecule is CNc1ccc(-c2ncn[nH]2)cc1.Cl. The van der Waals surface area contributed by atoms with Crippen LogP contribution >= 0.6 is 12.4 Å². The van der Waals surface area contributed by atoms with Gasteiger partial charge in [0.15, 0.2) is 5.82 Å². The van der Waals surface area contributed by atoms with Gasteiger partial charge in [-0.3, -0.25) is 5.10 Å². The van der Waals surface area contributed by atoms with E-state index < -0.39 is 0 Å². The predicted molar refractivity (Wildman–Crippen MR) is 58.6 cm³/mol. The molecule has 1 aromatic carbocycles. The number of nitrogens with one attached hydrogen (secondary N) is 2. The third-order valence-electron chi connectivity index (χ3n) is 1.86. The van der Waals surface area contributed by atoms with E-state index in [1.165, 1.54) is 6.33 Å². The highest BCUT2D eigenvalue weighted by molar-refractivity contribution is 5.85. The lowest BCUT2D eigenvalue weighted by Crippen LogP contribution is -1.87. The topological polar surface area (TPSA) is 53.6 Å². The lowest BCUT2D eigenvalue weighted by molar-refractivity contribution is 1.10. The number of H-pyrrole nitrogens is 1. The second kappa shape index (κ2) is 4.62. The summed E-state index contributed by atoms with van der Waals surface area (Å²) >= 11 is 0. The minimum absolute atomic E-state index is 0. The van der Waals surface area contributed by atoms with E-state index in [1.54, 1.807) is 0 Å². The molecule has 5 heteroatoms. The molecule has 0 amide bonds. The van der Waals surface area contributed by atoms with Gasteiger partial charge in [-0.15, -0.1) is 12.4 Å². The molecule has 0 fully saturated rings. The summed E-state index contributed by atoms with van der Waals surface area (Å²) in [5.74, 6) is 0.794. The summed E-state index contributed by atoms with van der Waals surface area (Å²) in [7, 11) is 1.89. The van der Waals surface area contributed by atoms with Crippen LogP contribution in [0, 0.1) is 0 Å². The summed E-state index contributed by atoms with van der Waals surface area (Å²) in [5, 5.41) is 9.65. The summed E-state index contributed by atoms with van der Waals surface area (Å²) in [6.45, 7) is 0. The Labute approximate surface area is 88.2 Å². The molecule has 0 saturated carbocycles. The van der Waals surface area contributed by atoms with E-state index in [1.807, 2.05) is 31.3 Å². The van der Waals surface area contributed by atoms with Crippen LogP contribution in [0.5, 0.6) is 0 Å². The van der Waals surface area contributed by atoms with E-state index in [9.17, 15) is 0 Å². The van der Waals surface area contributed by atoms with Crippen LogP contribution in [0.15, 0.2) is 30.6 Å². The van der Waals surface area contributed by atoms with Crippen LogP contribution in [0.4, 0.5) is 5.69 Å². The molecule has 0 atom stereocenters. The van der Waals surface area contributed by atoms with Crippen molar-refractivity contribution in [1.29, 1.82) is 0 Å². The molecule has 1 heterocycles. The molecule has 0 unspecified atom stereocenters. The Balaban J connectivity index is 0.000000980. The van der Waals surface area contributed by atoms with Crippen molar-refractivity contribution in [2.24, 2.45) is 0 Å². The molecule has 0 bridgehead atoms. The largest absolute Gasteiger partial charge is 0.388 e. The molecule has 0 aliphatic rings. The highest BCUT2D eigenvalue weighted by atomic mass is 35.5. The fourth-order valence-electron chi connectivity index (χ4n) is 1.14. The van der Waals surface area contributed by atoms with Gasteiger partial charge in [-0.05, 0) is 24.3 Å². The number of hydrogen-bond donors (Lipinski definition) is 2. The smallest absolute Gasteiger partial charge is 0.155 e. The number of hydrogen-bond acceptors (Lipinski definition) is 3. The molecule has 2 aromatic rings. The van der Waals surface area contributed by atoms with Gasteiger partial charge in [-0.2, -0.15) is 5.10 Å². The van der Waals surface area contributed by atoms with Crippen LogP contribution < -0.4 is 5.32 Å². The molecule has 74 valence electrons. The minimum atomic E-state index is 0. The van der Waals surface area contributed by atoms with Gasteiger partial charge in [0.25, 0.3) is 0 Å². The van der Waals surface area contributed by atoms with Crippen LogP contribution in [0.3, 0.4) is 0 Å². The van der Waals surface area contributed by atoms with Gasteiger partial charge in [-0.1, -0.05) is 0 Å². The number of nitrogens with zero attached hydrogens (tertiary/aromatic N) is 2. The zero-order valence-corrected chi connectivity index (χ0v) is 8.51. The van der Waals surface area contributed by atoms with Crippen molar-refractivity contribution < 1.29 is 0 Å². The van der Waals surface area contributed by atoms with Crippen molar-refractivity contribution >= 4 is 18.1 Å². The van der Waals surface area contributed by atoms with Gasteiger partial charge in [0.1, 0.15) is 6.33 Å². The first kappa shape index (κ1) is 10.5. The number of benzene rings is 1. The average Bonchev–Trinajstić information content (AvgIpc) is 2.71. The third kappa shape index (κ3) is 2.03. The van der Waals surface area contributed by atoms with E-state index in [4.69, 9.17) is 0 Å². The molecule has 0 radical (unpaired) electrons. The molecule has 1 aromatic heterocycles. The highest BCUT2D eigenvalue weighted by Crippen LogP contribution is 2.16. The number of halogens is 1. The molecule has 14 heavy (non-hydrogen) atoms. The molecular weight excluding hydrogens is 200 g/mol. The van der Waals surface area contributed by atoms with Gasteiger partial charge in [0.05, 0.1) is 0 Å². The number of rotatable bonds is 2. The van der Waals surface area contributed by atoms with Gasteiger partial charge in [0, 0.05) is 18.3 Å². The van der Waals surface area contributed by atoms with Crippen LogP contribution in [0.25, 0.3) is 11.4 Å². The normalized spacial score (nSPS) is 9.21. The zero-order chi connectivity index (χ0) is 9.10. The van der Waals surface area contributed by atoms with E-state index in [-0.39, 0.29) is 12.4 Å². The first-order valence-corrected chi connectivity index (χ1v) is 4.03. The molecule has 2 rings (SSSR count). The van der Waals surface area contributed by atoms with Crippen molar-refractivity contribution in [3.05, 3.63) is 30.6 Å². The second-order valence-corrected chi connectivity index (χ2v) is 2.66. The van der Waals surface area contributed by atoms with Gasteiger partial charge in [-0.25, -0.2) is 4.98 Å². The van der Waals surface area contributed by atoms with Crippen molar-refractivity contribution in [1.82, 2.24) is 15.2 Å². The molecule has 4 nitrogen and oxygen atoms in total. The summed E-state index contributed by atoms with van der Waals surface area (Å²) in [6, 6.07) is 7.98. The van der Waals surface area contributed by atoms with Crippen molar-refractivity contribution in [3.63, 3.8) is 0 Å². The Bertz CT molecular complexity index is 368. The Kier molecular flexibility index (Phi) is 3.48. The maximum Gasteiger partial charge on any atom is 0.155 e. The van der Waals surface area contributed by atoms with E-state index in [0.29, 0.717) is 0 Å². The number of anilines is 1. The number of aromatic amines is 1. The van der Waals surface area contributed by atoms with E-state index in [2.05, 4.69) is 20.5 Å². The summed E-state index contributed by atoms with van der Waals surface area (Å²) in [6.07, 6.45) is 1.50. The quantitative estimate of drug-likeness (QED) is 0.797. The average molecular weight is 211 g/mol. The lowest BCUT2D eigenvalue weighted by Gasteiger charge is -1.99. The standard InChI is InChI=1S/C9H10N4.ClH/c1-10-8-4-2-7(3-5-8)9-11-6-12-13-9;/h2-6,10H,1H3,(H,11,12,13);1H. The van der Waals surface area contributed by atoms with Crippen LogP contribution in [-0.2, 0) is 0 Å². The maximum absolute atomic E-state index is 4.05. The van der Waals surface area contributed by atoms with E-state index >= 15 is 0 Å². The predicted octanol–water partition coefficient (Wildman–Crippen LogP) is 1.94. The first-order chi connectivity index (χ1) is 6.40. The second-order valence-electron chi connectivity index (χ2n) is 2.66. The Morgan fingerprint density at radius 2 is 1.93 bits per heavy atom. The van der Waals surface area contributed by atoms with Crippen molar-refractivity contribution in [3.8, 4) is 11.4 Å². The van der Waals surface area contributed by atoms with Gasteiger partial charge >= 0.3 is 0 Å². The Morgan fingerprint density at radius 3 is 2.43 bits per heavy atom. The van der Waals surface area contributed by atoms with Gasteiger partial charge < -0.3 is 5.32 Å². The van der Waals surface area contributed by atoms with Crippen molar-refractivity contribution in [2.75, 3.05) is 12.4 Å². The minimum Gasteiger partial charge on any atom is -0.388 e. The maximum atomic E-state index is 4.05. The molecule has 2 N–H and O–H groups in total. The molecule has 0 aliphatic heterocycles. The van der Waals surface area contributed by atoms with Crippen LogP contribution in [-0.4, -0.2) is 22.2 Å². The molecular formula is C9H11ClN4. The number of aromatic nitrogens is 3. The van der Waals surface area contributed by atoms with Crippen molar-refractivity contribution in [2.45, 2.75) is 0 Å². The fraction of sp³-hybridized carbons (Fsp3) is 0.111. The third-order valence-corrected chi connectivity index (χ3v) is 1.86. The summed E-state index contributed by atoms with van der Waals surface area (Å²) in [5.41, 5.74) is 2.12. The highest BCUT2D eigenvalue weighted by Gasteiger charge is 1.98. The van der Waals surface area contributed by atoms with Crippen LogP contribution in [0.1, 0.15) is 0 Å². The van der Waals surface area contributed by atoms with Crippen LogP contribution in [0.2, 0.25) is 0 Å². The van der Waals surface area contributed by atoms with Gasteiger partial charge in [0.2, 0.25) is 0 Å². The lowest BCUT2D eigenvalue weighted by atomic mass is 10.2.